The van der Waals surface area contributed by atoms with Gasteiger partial charge in [0, 0.05) is 18.7 Å². The molecular formula is C15H23NO2. The van der Waals surface area contributed by atoms with Crippen LogP contribution in [-0.2, 0) is 6.54 Å². The summed E-state index contributed by atoms with van der Waals surface area (Å²) in [5.74, 6) is 0.845. The Balaban J connectivity index is 1.90. The number of nitrogens with one attached hydrogen (secondary N) is 1. The van der Waals surface area contributed by atoms with Gasteiger partial charge >= 0.3 is 0 Å². The van der Waals surface area contributed by atoms with E-state index in [4.69, 9.17) is 4.74 Å². The van der Waals surface area contributed by atoms with Gasteiger partial charge in [0.2, 0.25) is 0 Å². The number of hydrogen-bond donors (Lipinski definition) is 2. The first-order valence-corrected chi connectivity index (χ1v) is 6.79. The molecule has 0 amide bonds. The summed E-state index contributed by atoms with van der Waals surface area (Å²) in [6, 6.07) is 5.66. The first kappa shape index (κ1) is 13.2. The molecule has 1 aliphatic rings. The van der Waals surface area contributed by atoms with E-state index in [0.29, 0.717) is 24.3 Å². The van der Waals surface area contributed by atoms with Crippen LogP contribution in [0.15, 0.2) is 18.2 Å². The first-order valence-electron chi connectivity index (χ1n) is 6.79. The molecule has 1 aromatic carbocycles. The van der Waals surface area contributed by atoms with Gasteiger partial charge in [0.25, 0.3) is 0 Å². The van der Waals surface area contributed by atoms with E-state index in [2.05, 4.69) is 12.2 Å². The second-order valence-electron chi connectivity index (χ2n) is 5.46. The lowest BCUT2D eigenvalue weighted by Gasteiger charge is -2.38. The van der Waals surface area contributed by atoms with Crippen LogP contribution in [0.3, 0.4) is 0 Å². The minimum Gasteiger partial charge on any atom is -0.504 e. The summed E-state index contributed by atoms with van der Waals surface area (Å²) in [7, 11) is 0. The summed E-state index contributed by atoms with van der Waals surface area (Å²) in [5, 5.41) is 13.5. The molecule has 0 aromatic heterocycles. The summed E-state index contributed by atoms with van der Waals surface area (Å²) in [6.45, 7) is 6.53. The average Bonchev–Trinajstić information content (AvgIpc) is 2.32. The highest BCUT2D eigenvalue weighted by Gasteiger charge is 2.30. The molecule has 0 unspecified atom stereocenters. The Kier molecular flexibility index (Phi) is 4.12. The monoisotopic (exact) mass is 249 g/mol. The van der Waals surface area contributed by atoms with E-state index in [1.54, 1.807) is 6.07 Å². The molecule has 0 saturated heterocycles. The predicted molar refractivity (Wildman–Crippen MR) is 72.9 cm³/mol. The normalized spacial score (nSPS) is 17.2. The molecule has 0 heterocycles. The fourth-order valence-corrected chi connectivity index (χ4v) is 2.44. The topological polar surface area (TPSA) is 41.5 Å². The van der Waals surface area contributed by atoms with Crippen molar-refractivity contribution in [3.63, 3.8) is 0 Å². The van der Waals surface area contributed by atoms with E-state index in [1.807, 2.05) is 19.1 Å². The molecule has 2 N–H and O–H groups in total. The molecule has 0 aliphatic heterocycles. The van der Waals surface area contributed by atoms with Gasteiger partial charge in [0.05, 0.1) is 6.61 Å². The van der Waals surface area contributed by atoms with E-state index in [-0.39, 0.29) is 5.75 Å². The molecule has 1 aromatic rings. The van der Waals surface area contributed by atoms with Gasteiger partial charge in [-0.2, -0.15) is 0 Å². The molecule has 100 valence electrons. The molecule has 0 bridgehead atoms. The quantitative estimate of drug-likeness (QED) is 0.814. The van der Waals surface area contributed by atoms with E-state index in [0.717, 1.165) is 12.1 Å². The molecule has 1 aliphatic carbocycles. The Labute approximate surface area is 109 Å². The number of hydrogen-bond acceptors (Lipinski definition) is 3. The maximum Gasteiger partial charge on any atom is 0.162 e. The second kappa shape index (κ2) is 5.61. The van der Waals surface area contributed by atoms with Crippen LogP contribution in [0.5, 0.6) is 11.5 Å². The van der Waals surface area contributed by atoms with Crippen molar-refractivity contribution in [2.75, 3.05) is 13.2 Å². The zero-order valence-electron chi connectivity index (χ0n) is 11.3. The van der Waals surface area contributed by atoms with Crippen LogP contribution in [0.4, 0.5) is 0 Å². The Hall–Kier alpha value is -1.22. The Morgan fingerprint density at radius 3 is 2.78 bits per heavy atom. The maximum atomic E-state index is 10.1. The average molecular weight is 249 g/mol. The summed E-state index contributed by atoms with van der Waals surface area (Å²) in [4.78, 5) is 0. The summed E-state index contributed by atoms with van der Waals surface area (Å²) in [5.41, 5.74) is 1.37. The lowest BCUT2D eigenvalue weighted by molar-refractivity contribution is 0.156. The highest BCUT2D eigenvalue weighted by atomic mass is 16.5. The number of phenols is 1. The molecule has 0 spiro atoms. The van der Waals surface area contributed by atoms with E-state index < -0.39 is 0 Å². The van der Waals surface area contributed by atoms with Crippen LogP contribution in [0.25, 0.3) is 0 Å². The van der Waals surface area contributed by atoms with E-state index >= 15 is 0 Å². The minimum atomic E-state index is 0.269. The molecule has 3 heteroatoms. The molecule has 0 radical (unpaired) electrons. The summed E-state index contributed by atoms with van der Waals surface area (Å²) >= 11 is 0. The van der Waals surface area contributed by atoms with Gasteiger partial charge < -0.3 is 15.2 Å². The highest BCUT2D eigenvalue weighted by Crippen LogP contribution is 2.39. The summed E-state index contributed by atoms with van der Waals surface area (Å²) < 4.78 is 5.38. The zero-order chi connectivity index (χ0) is 13.0. The second-order valence-corrected chi connectivity index (χ2v) is 5.46. The fraction of sp³-hybridized carbons (Fsp3) is 0.600. The third-order valence-electron chi connectivity index (χ3n) is 3.81. The largest absolute Gasteiger partial charge is 0.504 e. The number of rotatable bonds is 6. The number of phenolic OH excluding ortho intramolecular Hbond substituents is 1. The fourth-order valence-electron chi connectivity index (χ4n) is 2.44. The molecule has 3 nitrogen and oxygen atoms in total. The van der Waals surface area contributed by atoms with Crippen LogP contribution >= 0.6 is 0 Å². The van der Waals surface area contributed by atoms with Crippen LogP contribution in [0, 0.1) is 5.41 Å². The van der Waals surface area contributed by atoms with Gasteiger partial charge in [-0.25, -0.2) is 0 Å². The van der Waals surface area contributed by atoms with Crippen molar-refractivity contribution in [2.24, 2.45) is 5.41 Å². The van der Waals surface area contributed by atoms with E-state index in [9.17, 15) is 5.11 Å². The van der Waals surface area contributed by atoms with Crippen molar-refractivity contribution >= 4 is 0 Å². The van der Waals surface area contributed by atoms with Crippen molar-refractivity contribution < 1.29 is 9.84 Å². The number of aromatic hydroxyl groups is 1. The molecule has 1 fully saturated rings. The molecule has 18 heavy (non-hydrogen) atoms. The van der Waals surface area contributed by atoms with Crippen molar-refractivity contribution in [1.29, 1.82) is 0 Å². The number of benzene rings is 1. The van der Waals surface area contributed by atoms with Crippen molar-refractivity contribution in [3.05, 3.63) is 23.8 Å². The van der Waals surface area contributed by atoms with Gasteiger partial charge in [-0.3, -0.25) is 0 Å². The lowest BCUT2D eigenvalue weighted by Crippen LogP contribution is -2.36. The Morgan fingerprint density at radius 1 is 1.39 bits per heavy atom. The van der Waals surface area contributed by atoms with Crippen molar-refractivity contribution in [1.82, 2.24) is 5.32 Å². The molecule has 1 saturated carbocycles. The smallest absolute Gasteiger partial charge is 0.162 e. The van der Waals surface area contributed by atoms with Crippen LogP contribution in [-0.4, -0.2) is 18.3 Å². The maximum absolute atomic E-state index is 10.1. The SMILES string of the molecule is CCOc1cccc(CNCC2(C)CCC2)c1O. The highest BCUT2D eigenvalue weighted by molar-refractivity contribution is 5.45. The van der Waals surface area contributed by atoms with Gasteiger partial charge in [-0.1, -0.05) is 25.5 Å². The standard InChI is InChI=1S/C15H23NO2/c1-3-18-13-7-4-6-12(14(13)17)10-16-11-15(2)8-5-9-15/h4,6-7,16-17H,3,5,8-11H2,1-2H3. The van der Waals surface area contributed by atoms with Gasteiger partial charge in [0.1, 0.15) is 0 Å². The van der Waals surface area contributed by atoms with Gasteiger partial charge in [-0.05, 0) is 31.2 Å². The Morgan fingerprint density at radius 2 is 2.17 bits per heavy atom. The third-order valence-corrected chi connectivity index (χ3v) is 3.81. The molecular weight excluding hydrogens is 226 g/mol. The molecule has 2 rings (SSSR count). The number of para-hydroxylation sites is 1. The third kappa shape index (κ3) is 2.96. The van der Waals surface area contributed by atoms with Crippen LogP contribution in [0.1, 0.15) is 38.7 Å². The summed E-state index contributed by atoms with van der Waals surface area (Å²) in [6.07, 6.45) is 3.97. The lowest BCUT2D eigenvalue weighted by atomic mass is 9.70. The van der Waals surface area contributed by atoms with Gasteiger partial charge in [0.15, 0.2) is 11.5 Å². The predicted octanol–water partition coefficient (Wildman–Crippen LogP) is 3.07. The van der Waals surface area contributed by atoms with E-state index in [1.165, 1.54) is 19.3 Å². The van der Waals surface area contributed by atoms with Gasteiger partial charge in [-0.15, -0.1) is 0 Å². The zero-order valence-corrected chi connectivity index (χ0v) is 11.3. The first-order chi connectivity index (χ1) is 8.64. The van der Waals surface area contributed by atoms with Crippen molar-refractivity contribution in [2.45, 2.75) is 39.7 Å². The number of ether oxygens (including phenoxy) is 1. The molecule has 0 atom stereocenters. The Bertz CT molecular complexity index is 399. The minimum absolute atomic E-state index is 0.269. The van der Waals surface area contributed by atoms with Crippen LogP contribution in [0.2, 0.25) is 0 Å². The van der Waals surface area contributed by atoms with Crippen molar-refractivity contribution in [3.8, 4) is 11.5 Å². The van der Waals surface area contributed by atoms with Crippen LogP contribution < -0.4 is 10.1 Å².